The van der Waals surface area contributed by atoms with Gasteiger partial charge in [-0.05, 0) is 30.7 Å². The molecule has 0 bridgehead atoms. The van der Waals surface area contributed by atoms with E-state index in [4.69, 9.17) is 9.47 Å². The van der Waals surface area contributed by atoms with Crippen molar-refractivity contribution in [2.24, 2.45) is 10.9 Å². The lowest BCUT2D eigenvalue weighted by Gasteiger charge is -2.34. The number of ether oxygens (including phenoxy) is 2. The maximum atomic E-state index is 5.83. The third-order valence-corrected chi connectivity index (χ3v) is 5.86. The van der Waals surface area contributed by atoms with Crippen molar-refractivity contribution in [1.82, 2.24) is 15.5 Å². The summed E-state index contributed by atoms with van der Waals surface area (Å²) in [6.45, 7) is 12.5. The van der Waals surface area contributed by atoms with Crippen LogP contribution in [0.25, 0.3) is 0 Å². The molecule has 1 aliphatic heterocycles. The second-order valence-corrected chi connectivity index (χ2v) is 8.07. The summed E-state index contributed by atoms with van der Waals surface area (Å²) in [5.41, 5.74) is 0. The molecule has 2 atom stereocenters. The standard InChI is InChI=1S/C20H36N4O2S.HI/c1-5-26-18(16(2)3)8-9-22-20(21-4)23-15-17(19-7-6-14-27-19)24-10-12-25-13-11-24;/h6-7,14,16-18H,5,8-13,15H2,1-4H3,(H2,21,22,23);1H. The summed E-state index contributed by atoms with van der Waals surface area (Å²) >= 11 is 1.82. The van der Waals surface area contributed by atoms with Crippen LogP contribution in [0.2, 0.25) is 0 Å². The van der Waals surface area contributed by atoms with Gasteiger partial charge >= 0.3 is 0 Å². The topological polar surface area (TPSA) is 58.1 Å². The Morgan fingerprint density at radius 1 is 1.32 bits per heavy atom. The van der Waals surface area contributed by atoms with Gasteiger partial charge in [-0.1, -0.05) is 19.9 Å². The van der Waals surface area contributed by atoms with Gasteiger partial charge in [-0.3, -0.25) is 9.89 Å². The summed E-state index contributed by atoms with van der Waals surface area (Å²) in [7, 11) is 1.83. The Labute approximate surface area is 191 Å². The molecule has 28 heavy (non-hydrogen) atoms. The lowest BCUT2D eigenvalue weighted by molar-refractivity contribution is 0.0176. The average Bonchev–Trinajstić information content (AvgIpc) is 3.21. The Kier molecular flexibility index (Phi) is 13.3. The van der Waals surface area contributed by atoms with Gasteiger partial charge in [0.15, 0.2) is 5.96 Å². The van der Waals surface area contributed by atoms with Gasteiger partial charge in [0.1, 0.15) is 0 Å². The maximum absolute atomic E-state index is 5.83. The molecule has 1 fully saturated rings. The quantitative estimate of drug-likeness (QED) is 0.279. The van der Waals surface area contributed by atoms with Crippen molar-refractivity contribution in [2.75, 3.05) is 53.0 Å². The summed E-state index contributed by atoms with van der Waals surface area (Å²) in [4.78, 5) is 8.27. The largest absolute Gasteiger partial charge is 0.379 e. The number of hydrogen-bond acceptors (Lipinski definition) is 5. The molecule has 2 rings (SSSR count). The zero-order valence-corrected chi connectivity index (χ0v) is 20.8. The molecule has 0 radical (unpaired) electrons. The molecular weight excluding hydrogens is 487 g/mol. The van der Waals surface area contributed by atoms with Crippen LogP contribution in [0.5, 0.6) is 0 Å². The summed E-state index contributed by atoms with van der Waals surface area (Å²) in [5.74, 6) is 1.37. The highest BCUT2D eigenvalue weighted by atomic mass is 127. The lowest BCUT2D eigenvalue weighted by Crippen LogP contribution is -2.46. The van der Waals surface area contributed by atoms with Crippen molar-refractivity contribution in [2.45, 2.75) is 39.3 Å². The Balaban J connectivity index is 0.00000392. The van der Waals surface area contributed by atoms with E-state index >= 15 is 0 Å². The van der Waals surface area contributed by atoms with Crippen molar-refractivity contribution in [3.05, 3.63) is 22.4 Å². The molecule has 0 aliphatic carbocycles. The van der Waals surface area contributed by atoms with Crippen LogP contribution in [0.15, 0.2) is 22.5 Å². The highest BCUT2D eigenvalue weighted by molar-refractivity contribution is 14.0. The monoisotopic (exact) mass is 524 g/mol. The van der Waals surface area contributed by atoms with E-state index in [0.29, 0.717) is 12.0 Å². The highest BCUT2D eigenvalue weighted by Crippen LogP contribution is 2.25. The minimum Gasteiger partial charge on any atom is -0.379 e. The van der Waals surface area contributed by atoms with Gasteiger partial charge < -0.3 is 20.1 Å². The Hall–Kier alpha value is -0.420. The Bertz CT molecular complexity index is 536. The summed E-state index contributed by atoms with van der Waals surface area (Å²) < 4.78 is 11.3. The molecule has 1 saturated heterocycles. The number of nitrogens with zero attached hydrogens (tertiary/aromatic N) is 2. The second kappa shape index (κ2) is 14.5. The Morgan fingerprint density at radius 3 is 2.64 bits per heavy atom. The minimum atomic E-state index is 0. The van der Waals surface area contributed by atoms with Crippen molar-refractivity contribution in [3.8, 4) is 0 Å². The van der Waals surface area contributed by atoms with Crippen molar-refractivity contribution < 1.29 is 9.47 Å². The smallest absolute Gasteiger partial charge is 0.191 e. The van der Waals surface area contributed by atoms with Crippen LogP contribution in [-0.4, -0.2) is 70.0 Å². The van der Waals surface area contributed by atoms with E-state index in [-0.39, 0.29) is 30.1 Å². The SMILES string of the molecule is CCOC(CCNC(=NC)NCC(c1cccs1)N1CCOCC1)C(C)C.I. The third kappa shape index (κ3) is 8.52. The molecule has 2 heterocycles. The molecule has 2 unspecified atom stereocenters. The van der Waals surface area contributed by atoms with E-state index in [2.05, 4.69) is 58.8 Å². The number of aliphatic imine (C=N–C) groups is 1. The third-order valence-electron chi connectivity index (χ3n) is 4.89. The van der Waals surface area contributed by atoms with Gasteiger partial charge in [0.05, 0.1) is 25.4 Å². The number of hydrogen-bond donors (Lipinski definition) is 2. The first-order valence-electron chi connectivity index (χ1n) is 10.1. The van der Waals surface area contributed by atoms with E-state index < -0.39 is 0 Å². The van der Waals surface area contributed by atoms with Gasteiger partial charge in [-0.25, -0.2) is 0 Å². The Morgan fingerprint density at radius 2 is 2.07 bits per heavy atom. The van der Waals surface area contributed by atoms with Gasteiger partial charge in [0.2, 0.25) is 0 Å². The maximum Gasteiger partial charge on any atom is 0.191 e. The van der Waals surface area contributed by atoms with Crippen LogP contribution in [0.4, 0.5) is 0 Å². The van der Waals surface area contributed by atoms with E-state index in [1.165, 1.54) is 4.88 Å². The fourth-order valence-electron chi connectivity index (χ4n) is 3.35. The molecule has 1 aliphatic rings. The van der Waals surface area contributed by atoms with Crippen LogP contribution in [0, 0.1) is 5.92 Å². The van der Waals surface area contributed by atoms with E-state index in [0.717, 1.165) is 58.4 Å². The van der Waals surface area contributed by atoms with Crippen molar-refractivity contribution in [3.63, 3.8) is 0 Å². The van der Waals surface area contributed by atoms with Gasteiger partial charge in [0.25, 0.3) is 0 Å². The minimum absolute atomic E-state index is 0. The molecule has 2 N–H and O–H groups in total. The highest BCUT2D eigenvalue weighted by Gasteiger charge is 2.23. The molecule has 0 amide bonds. The number of thiophene rings is 1. The number of guanidine groups is 1. The van der Waals surface area contributed by atoms with Crippen LogP contribution in [0.3, 0.4) is 0 Å². The van der Waals surface area contributed by atoms with Crippen LogP contribution in [-0.2, 0) is 9.47 Å². The van der Waals surface area contributed by atoms with Crippen LogP contribution < -0.4 is 10.6 Å². The molecule has 8 heteroatoms. The summed E-state index contributed by atoms with van der Waals surface area (Å²) in [5, 5.41) is 9.10. The average molecular weight is 525 g/mol. The number of nitrogens with one attached hydrogen (secondary N) is 2. The molecule has 0 saturated carbocycles. The second-order valence-electron chi connectivity index (χ2n) is 7.09. The molecule has 6 nitrogen and oxygen atoms in total. The molecule has 0 aromatic carbocycles. The fraction of sp³-hybridized carbons (Fsp3) is 0.750. The molecule has 162 valence electrons. The predicted octanol–water partition coefficient (Wildman–Crippen LogP) is 3.36. The fourth-order valence-corrected chi connectivity index (χ4v) is 4.21. The molecular formula is C20H37IN4O2S. The van der Waals surface area contributed by atoms with Crippen LogP contribution >= 0.6 is 35.3 Å². The van der Waals surface area contributed by atoms with Crippen molar-refractivity contribution in [1.29, 1.82) is 0 Å². The molecule has 1 aromatic rings. The number of halogens is 1. The first-order valence-corrected chi connectivity index (χ1v) is 10.9. The van der Waals surface area contributed by atoms with Gasteiger partial charge in [-0.15, -0.1) is 35.3 Å². The summed E-state index contributed by atoms with van der Waals surface area (Å²) in [6, 6.07) is 4.69. The van der Waals surface area contributed by atoms with E-state index in [1.54, 1.807) is 0 Å². The first-order chi connectivity index (χ1) is 13.2. The van der Waals surface area contributed by atoms with E-state index in [1.807, 2.05) is 18.4 Å². The number of morpholine rings is 1. The number of rotatable bonds is 10. The lowest BCUT2D eigenvalue weighted by atomic mass is 10.0. The van der Waals surface area contributed by atoms with Gasteiger partial charge in [0, 0.05) is 44.7 Å². The van der Waals surface area contributed by atoms with Crippen LogP contribution in [0.1, 0.15) is 38.1 Å². The van der Waals surface area contributed by atoms with Gasteiger partial charge in [-0.2, -0.15) is 0 Å². The zero-order valence-electron chi connectivity index (χ0n) is 17.6. The normalized spacial score (nSPS) is 17.8. The summed E-state index contributed by atoms with van der Waals surface area (Å²) in [6.07, 6.45) is 1.26. The van der Waals surface area contributed by atoms with Crippen molar-refractivity contribution >= 4 is 41.3 Å². The predicted molar refractivity (Wildman–Crippen MR) is 129 cm³/mol. The molecule has 1 aromatic heterocycles. The zero-order chi connectivity index (χ0) is 19.5. The van der Waals surface area contributed by atoms with E-state index in [9.17, 15) is 0 Å². The first kappa shape index (κ1) is 25.6. The molecule has 0 spiro atoms.